The van der Waals surface area contributed by atoms with Crippen molar-refractivity contribution in [2.75, 3.05) is 0 Å². The molecule has 0 amide bonds. The van der Waals surface area contributed by atoms with Gasteiger partial charge in [0.2, 0.25) is 0 Å². The molecule has 4 bridgehead atoms. The zero-order valence-electron chi connectivity index (χ0n) is 21.2. The maximum absolute atomic E-state index is 12.7. The molecule has 8 nitrogen and oxygen atoms in total. The summed E-state index contributed by atoms with van der Waals surface area (Å²) >= 11 is 0. The number of carbonyl (C=O) groups excluding carboxylic acids is 3. The number of ether oxygens (including phenoxy) is 3. The van der Waals surface area contributed by atoms with E-state index < -0.39 is 52.0 Å². The first kappa shape index (κ1) is 26.2. The molecule has 190 valence electrons. The SMILES string of the molecule is C=C(C)C(=O)OC12CC3CC(C(C)(C)OC(=O)CC)(C1)CC(C(C)(C)OC(=O)CC(=O)O)(C3)C2. The molecule has 4 unspecified atom stereocenters. The summed E-state index contributed by atoms with van der Waals surface area (Å²) in [6, 6.07) is 0. The molecular weight excluding hydrogens is 440 g/mol. The summed E-state index contributed by atoms with van der Waals surface area (Å²) in [4.78, 5) is 48.5. The smallest absolute Gasteiger partial charge is 0.333 e. The lowest BCUT2D eigenvalue weighted by atomic mass is 9.37. The molecule has 0 aromatic heterocycles. The average molecular weight is 479 g/mol. The Kier molecular flexibility index (Phi) is 6.46. The largest absolute Gasteiger partial charge is 0.481 e. The predicted octanol–water partition coefficient (Wildman–Crippen LogP) is 4.34. The van der Waals surface area contributed by atoms with Crippen molar-refractivity contribution in [3.05, 3.63) is 12.2 Å². The second kappa shape index (κ2) is 8.38. The number of carboxylic acids is 1. The zero-order chi connectivity index (χ0) is 25.7. The number of esters is 3. The summed E-state index contributed by atoms with van der Waals surface area (Å²) in [5, 5.41) is 9.05. The third-order valence-corrected chi connectivity index (χ3v) is 8.55. The number of rotatable bonds is 9. The van der Waals surface area contributed by atoms with E-state index in [9.17, 15) is 19.2 Å². The molecule has 0 radical (unpaired) electrons. The first-order valence-electron chi connectivity index (χ1n) is 12.0. The minimum Gasteiger partial charge on any atom is -0.481 e. The van der Waals surface area contributed by atoms with E-state index in [4.69, 9.17) is 19.3 Å². The van der Waals surface area contributed by atoms with Gasteiger partial charge in [0.1, 0.15) is 23.2 Å². The van der Waals surface area contributed by atoms with E-state index in [2.05, 4.69) is 6.58 Å². The van der Waals surface area contributed by atoms with Gasteiger partial charge in [-0.2, -0.15) is 0 Å². The van der Waals surface area contributed by atoms with Crippen LogP contribution in [0.5, 0.6) is 0 Å². The lowest BCUT2D eigenvalue weighted by molar-refractivity contribution is -0.290. The third-order valence-electron chi connectivity index (χ3n) is 8.55. The molecule has 8 heteroatoms. The highest BCUT2D eigenvalue weighted by molar-refractivity contribution is 5.90. The van der Waals surface area contributed by atoms with Crippen molar-refractivity contribution in [1.82, 2.24) is 0 Å². The Labute approximate surface area is 201 Å². The van der Waals surface area contributed by atoms with E-state index >= 15 is 0 Å². The Morgan fingerprint density at radius 2 is 1.41 bits per heavy atom. The summed E-state index contributed by atoms with van der Waals surface area (Å²) in [5.74, 6) is -2.63. The minimum atomic E-state index is -1.25. The molecule has 34 heavy (non-hydrogen) atoms. The molecule has 0 aromatic carbocycles. The van der Waals surface area contributed by atoms with Crippen LogP contribution < -0.4 is 0 Å². The van der Waals surface area contributed by atoms with E-state index in [-0.39, 0.29) is 18.3 Å². The fourth-order valence-electron chi connectivity index (χ4n) is 7.11. The average Bonchev–Trinajstić information content (AvgIpc) is 2.64. The highest BCUT2D eigenvalue weighted by Gasteiger charge is 2.72. The van der Waals surface area contributed by atoms with Gasteiger partial charge in [0.05, 0.1) is 0 Å². The van der Waals surface area contributed by atoms with Gasteiger partial charge in [0.25, 0.3) is 0 Å². The van der Waals surface area contributed by atoms with Crippen LogP contribution in [0.4, 0.5) is 0 Å². The molecular formula is C26H38O8. The first-order chi connectivity index (χ1) is 15.5. The van der Waals surface area contributed by atoms with Crippen molar-refractivity contribution in [2.45, 2.75) is 110 Å². The van der Waals surface area contributed by atoms with Gasteiger partial charge in [-0.15, -0.1) is 0 Å². The molecule has 0 aromatic rings. The molecule has 0 heterocycles. The molecule has 4 rings (SSSR count). The van der Waals surface area contributed by atoms with Crippen LogP contribution in [-0.4, -0.2) is 45.8 Å². The topological polar surface area (TPSA) is 116 Å². The van der Waals surface area contributed by atoms with Crippen LogP contribution in [0.2, 0.25) is 0 Å². The normalized spacial score (nSPS) is 32.1. The first-order valence-corrected chi connectivity index (χ1v) is 12.0. The van der Waals surface area contributed by atoms with Crippen molar-refractivity contribution in [1.29, 1.82) is 0 Å². The second-order valence-corrected chi connectivity index (χ2v) is 11.8. The third kappa shape index (κ3) is 4.48. The maximum Gasteiger partial charge on any atom is 0.333 e. The highest BCUT2D eigenvalue weighted by atomic mass is 16.6. The Balaban J connectivity index is 2.07. The van der Waals surface area contributed by atoms with Gasteiger partial charge in [-0.1, -0.05) is 13.5 Å². The van der Waals surface area contributed by atoms with Crippen LogP contribution in [0.15, 0.2) is 12.2 Å². The molecule has 4 atom stereocenters. The van der Waals surface area contributed by atoms with E-state index in [0.717, 1.165) is 12.8 Å². The van der Waals surface area contributed by atoms with Gasteiger partial charge < -0.3 is 19.3 Å². The molecule has 0 spiro atoms. The zero-order valence-corrected chi connectivity index (χ0v) is 21.2. The predicted molar refractivity (Wildman–Crippen MR) is 123 cm³/mol. The van der Waals surface area contributed by atoms with Crippen molar-refractivity contribution >= 4 is 23.9 Å². The molecule has 1 N–H and O–H groups in total. The van der Waals surface area contributed by atoms with Gasteiger partial charge in [-0.3, -0.25) is 14.4 Å². The molecule has 4 fully saturated rings. The summed E-state index contributed by atoms with van der Waals surface area (Å²) in [5.41, 5.74) is -3.43. The minimum absolute atomic E-state index is 0.172. The molecule has 4 aliphatic carbocycles. The number of hydrogen-bond acceptors (Lipinski definition) is 7. The molecule has 4 saturated carbocycles. The summed E-state index contributed by atoms with van der Waals surface area (Å²) < 4.78 is 17.9. The summed E-state index contributed by atoms with van der Waals surface area (Å²) in [6.07, 6.45) is 3.43. The number of carboxylic acid groups (broad SMARTS) is 1. The quantitative estimate of drug-likeness (QED) is 0.225. The lowest BCUT2D eigenvalue weighted by Gasteiger charge is -2.71. The number of carbonyl (C=O) groups is 4. The lowest BCUT2D eigenvalue weighted by Crippen LogP contribution is -2.71. The Hall–Kier alpha value is -2.38. The fourth-order valence-corrected chi connectivity index (χ4v) is 7.11. The molecule has 4 aliphatic rings. The summed E-state index contributed by atoms with van der Waals surface area (Å²) in [6.45, 7) is 14.6. The Morgan fingerprint density at radius 1 is 0.912 bits per heavy atom. The standard InChI is InChI=1S/C26H38O8/c1-8-19(29)32-22(4,5)24-10-17-11-25(13-24,23(6,7)33-20(30)9-18(27)28)15-26(12-17,14-24)34-21(31)16(2)3/h17H,2,8-15H2,1,3-7H3,(H,27,28). The Morgan fingerprint density at radius 3 is 1.85 bits per heavy atom. The number of aliphatic carboxylic acids is 1. The maximum atomic E-state index is 12.7. The van der Waals surface area contributed by atoms with Crippen molar-refractivity contribution in [3.63, 3.8) is 0 Å². The van der Waals surface area contributed by atoms with Gasteiger partial charge in [0.15, 0.2) is 0 Å². The fraction of sp³-hybridized carbons (Fsp3) is 0.769. The van der Waals surface area contributed by atoms with Crippen molar-refractivity contribution < 1.29 is 38.5 Å². The van der Waals surface area contributed by atoms with Crippen molar-refractivity contribution in [2.24, 2.45) is 16.7 Å². The van der Waals surface area contributed by atoms with Crippen molar-refractivity contribution in [3.8, 4) is 0 Å². The molecule has 0 aliphatic heterocycles. The van der Waals surface area contributed by atoms with Gasteiger partial charge in [-0.25, -0.2) is 4.79 Å². The Bertz CT molecular complexity index is 918. The number of hydrogen-bond donors (Lipinski definition) is 1. The molecule has 0 saturated heterocycles. The van der Waals surface area contributed by atoms with E-state index in [0.29, 0.717) is 31.3 Å². The van der Waals surface area contributed by atoms with Gasteiger partial charge in [-0.05, 0) is 79.1 Å². The van der Waals surface area contributed by atoms with Crippen LogP contribution in [0.1, 0.15) is 92.9 Å². The van der Waals surface area contributed by atoms with Crippen LogP contribution in [0.25, 0.3) is 0 Å². The monoisotopic (exact) mass is 478 g/mol. The van der Waals surface area contributed by atoms with E-state index in [1.54, 1.807) is 13.8 Å². The van der Waals surface area contributed by atoms with Crippen LogP contribution in [-0.2, 0) is 33.4 Å². The van der Waals surface area contributed by atoms with Crippen LogP contribution in [0.3, 0.4) is 0 Å². The van der Waals surface area contributed by atoms with Crippen LogP contribution in [0, 0.1) is 16.7 Å². The highest BCUT2D eigenvalue weighted by Crippen LogP contribution is 2.73. The van der Waals surface area contributed by atoms with Gasteiger partial charge in [0, 0.05) is 22.8 Å². The second-order valence-electron chi connectivity index (χ2n) is 11.8. The van der Waals surface area contributed by atoms with Gasteiger partial charge >= 0.3 is 23.9 Å². The van der Waals surface area contributed by atoms with E-state index in [1.807, 2.05) is 27.7 Å². The summed E-state index contributed by atoms with van der Waals surface area (Å²) in [7, 11) is 0. The van der Waals surface area contributed by atoms with E-state index in [1.165, 1.54) is 0 Å². The van der Waals surface area contributed by atoms with Crippen LogP contribution >= 0.6 is 0 Å².